The Hall–Kier alpha value is -2.86. The first-order valence-electron chi connectivity index (χ1n) is 9.62. The number of carbonyl (C=O) groups is 2. The quantitative estimate of drug-likeness (QED) is 0.669. The van der Waals surface area contributed by atoms with Crippen molar-refractivity contribution in [1.82, 2.24) is 10.6 Å². The summed E-state index contributed by atoms with van der Waals surface area (Å²) in [5.41, 5.74) is 0.616. The van der Waals surface area contributed by atoms with Crippen LogP contribution in [0.5, 0.6) is 5.75 Å². The summed E-state index contributed by atoms with van der Waals surface area (Å²) in [4.78, 5) is 25.6. The van der Waals surface area contributed by atoms with Gasteiger partial charge in [0.25, 0.3) is 5.91 Å². The van der Waals surface area contributed by atoms with Gasteiger partial charge in [-0.15, -0.1) is 0 Å². The molecular weight excluding hydrogens is 368 g/mol. The Bertz CT molecular complexity index is 813. The lowest BCUT2D eigenvalue weighted by molar-refractivity contribution is -0.126. The van der Waals surface area contributed by atoms with Crippen molar-refractivity contribution in [2.24, 2.45) is 5.92 Å². The van der Waals surface area contributed by atoms with Gasteiger partial charge in [-0.3, -0.25) is 9.59 Å². The molecule has 0 unspecified atom stereocenters. The number of aliphatic hydroxyl groups excluding tert-OH is 1. The Kier molecular flexibility index (Phi) is 7.40. The summed E-state index contributed by atoms with van der Waals surface area (Å²) in [5, 5.41) is 16.6. The van der Waals surface area contributed by atoms with E-state index in [1.165, 1.54) is 0 Å². The number of hydrogen-bond acceptors (Lipinski definition) is 4. The fraction of sp³-hybridized carbons (Fsp3) is 0.391. The van der Waals surface area contributed by atoms with Gasteiger partial charge in [-0.25, -0.2) is 0 Å². The predicted octanol–water partition coefficient (Wildman–Crippen LogP) is 3.08. The zero-order chi connectivity index (χ0) is 21.6. The molecule has 0 spiro atoms. The summed E-state index contributed by atoms with van der Waals surface area (Å²) in [7, 11) is 1.57. The van der Waals surface area contributed by atoms with Crippen LogP contribution < -0.4 is 15.4 Å². The molecule has 3 atom stereocenters. The van der Waals surface area contributed by atoms with Gasteiger partial charge in [-0.2, -0.15) is 0 Å². The topological polar surface area (TPSA) is 87.7 Å². The van der Waals surface area contributed by atoms with Crippen molar-refractivity contribution in [3.63, 3.8) is 0 Å². The molecule has 0 aliphatic heterocycles. The van der Waals surface area contributed by atoms with Crippen molar-refractivity contribution in [1.29, 1.82) is 0 Å². The van der Waals surface area contributed by atoms with Crippen molar-refractivity contribution < 1.29 is 19.4 Å². The molecule has 3 N–H and O–H groups in total. The summed E-state index contributed by atoms with van der Waals surface area (Å²) in [6, 6.07) is 14.8. The molecular formula is C23H30N2O4. The highest BCUT2D eigenvalue weighted by atomic mass is 16.5. The summed E-state index contributed by atoms with van der Waals surface area (Å²) in [6.07, 6.45) is -0.951. The van der Waals surface area contributed by atoms with E-state index in [9.17, 15) is 14.7 Å². The van der Waals surface area contributed by atoms with Gasteiger partial charge in [0.15, 0.2) is 0 Å². The summed E-state index contributed by atoms with van der Waals surface area (Å²) < 4.78 is 5.15. The smallest absolute Gasteiger partial charge is 0.251 e. The molecule has 6 heteroatoms. The monoisotopic (exact) mass is 398 g/mol. The van der Waals surface area contributed by atoms with E-state index < -0.39 is 23.6 Å². The lowest BCUT2D eigenvalue weighted by atomic mass is 9.89. The molecule has 29 heavy (non-hydrogen) atoms. The van der Waals surface area contributed by atoms with Crippen molar-refractivity contribution >= 4 is 11.8 Å². The van der Waals surface area contributed by atoms with Crippen LogP contribution in [0.15, 0.2) is 54.6 Å². The zero-order valence-electron chi connectivity index (χ0n) is 17.6. The molecule has 0 radical (unpaired) electrons. The molecule has 0 fully saturated rings. The van der Waals surface area contributed by atoms with E-state index >= 15 is 0 Å². The third-order valence-electron chi connectivity index (χ3n) is 4.58. The van der Waals surface area contributed by atoms with Crippen LogP contribution in [0.3, 0.4) is 0 Å². The van der Waals surface area contributed by atoms with E-state index in [4.69, 9.17) is 4.74 Å². The third kappa shape index (κ3) is 6.32. The van der Waals surface area contributed by atoms with E-state index in [0.29, 0.717) is 16.9 Å². The van der Waals surface area contributed by atoms with E-state index in [2.05, 4.69) is 10.6 Å². The van der Waals surface area contributed by atoms with E-state index in [1.54, 1.807) is 62.6 Å². The number of amides is 2. The van der Waals surface area contributed by atoms with E-state index in [1.807, 2.05) is 26.8 Å². The molecule has 2 aromatic carbocycles. The summed E-state index contributed by atoms with van der Waals surface area (Å²) >= 11 is 0. The van der Waals surface area contributed by atoms with Gasteiger partial charge >= 0.3 is 0 Å². The molecule has 0 saturated carbocycles. The minimum absolute atomic E-state index is 0.346. The van der Waals surface area contributed by atoms with Gasteiger partial charge in [0, 0.05) is 17.0 Å². The van der Waals surface area contributed by atoms with Crippen LogP contribution in [-0.4, -0.2) is 35.6 Å². The molecule has 0 heterocycles. The second-order valence-electron chi connectivity index (χ2n) is 8.13. The van der Waals surface area contributed by atoms with Gasteiger partial charge in [0.1, 0.15) is 11.8 Å². The Balaban J connectivity index is 2.26. The highest BCUT2D eigenvalue weighted by molar-refractivity contribution is 5.97. The van der Waals surface area contributed by atoms with Crippen LogP contribution in [0.25, 0.3) is 0 Å². The summed E-state index contributed by atoms with van der Waals surface area (Å²) in [6.45, 7) is 7.34. The zero-order valence-corrected chi connectivity index (χ0v) is 17.6. The summed E-state index contributed by atoms with van der Waals surface area (Å²) in [5.74, 6) is -0.610. The normalized spacial score (nSPS) is 14.4. The molecule has 0 saturated heterocycles. The van der Waals surface area contributed by atoms with Crippen molar-refractivity contribution in [3.8, 4) is 5.75 Å². The molecule has 156 valence electrons. The van der Waals surface area contributed by atoms with Crippen LogP contribution in [0.2, 0.25) is 0 Å². The predicted molar refractivity (Wildman–Crippen MR) is 113 cm³/mol. The van der Waals surface area contributed by atoms with Gasteiger partial charge in [-0.05, 0) is 50.6 Å². The minimum Gasteiger partial charge on any atom is -0.497 e. The highest BCUT2D eigenvalue weighted by Crippen LogP contribution is 2.27. The lowest BCUT2D eigenvalue weighted by Crippen LogP contribution is -2.55. The maximum atomic E-state index is 12.9. The largest absolute Gasteiger partial charge is 0.497 e. The van der Waals surface area contributed by atoms with Crippen LogP contribution >= 0.6 is 0 Å². The van der Waals surface area contributed by atoms with Crippen LogP contribution in [-0.2, 0) is 4.79 Å². The molecule has 2 aromatic rings. The maximum Gasteiger partial charge on any atom is 0.251 e. The molecule has 0 aromatic heterocycles. The fourth-order valence-corrected chi connectivity index (χ4v) is 2.98. The van der Waals surface area contributed by atoms with Gasteiger partial charge in [0.05, 0.1) is 13.2 Å². The molecule has 0 aliphatic rings. The SMILES string of the molecule is COc1ccc([C@@H](O)[C@@H](C)[C@H](NC(=O)c2ccccc2)C(=O)NC(C)(C)C)cc1. The number of ether oxygens (including phenoxy) is 1. The molecule has 0 bridgehead atoms. The highest BCUT2D eigenvalue weighted by Gasteiger charge is 2.34. The average molecular weight is 399 g/mol. The third-order valence-corrected chi connectivity index (χ3v) is 4.58. The number of hydrogen-bond donors (Lipinski definition) is 3. The molecule has 2 amide bonds. The average Bonchev–Trinajstić information content (AvgIpc) is 2.70. The van der Waals surface area contributed by atoms with Crippen LogP contribution in [0.1, 0.15) is 49.7 Å². The van der Waals surface area contributed by atoms with Crippen molar-refractivity contribution in [2.75, 3.05) is 7.11 Å². The number of aliphatic hydroxyl groups is 1. The first-order valence-corrected chi connectivity index (χ1v) is 9.62. The second kappa shape index (κ2) is 9.56. The number of nitrogens with one attached hydrogen (secondary N) is 2. The molecule has 6 nitrogen and oxygen atoms in total. The van der Waals surface area contributed by atoms with Gasteiger partial charge in [0.2, 0.25) is 5.91 Å². The first-order chi connectivity index (χ1) is 13.6. The minimum atomic E-state index is -0.951. The molecule has 0 aliphatic carbocycles. The Morgan fingerprint density at radius 1 is 1.00 bits per heavy atom. The standard InChI is InChI=1S/C23H30N2O4/c1-15(20(26)16-11-13-18(29-5)14-12-16)19(22(28)25-23(2,3)4)24-21(27)17-9-7-6-8-10-17/h6-15,19-20,26H,1-5H3,(H,24,27)(H,25,28)/t15-,19-,20-/m0/s1. The van der Waals surface area contributed by atoms with Crippen molar-refractivity contribution in [2.45, 2.75) is 45.4 Å². The van der Waals surface area contributed by atoms with E-state index in [0.717, 1.165) is 0 Å². The Labute approximate surface area is 172 Å². The van der Waals surface area contributed by atoms with Gasteiger partial charge < -0.3 is 20.5 Å². The Morgan fingerprint density at radius 2 is 1.59 bits per heavy atom. The maximum absolute atomic E-state index is 12.9. The second-order valence-corrected chi connectivity index (χ2v) is 8.13. The number of carbonyl (C=O) groups excluding carboxylic acids is 2. The number of methoxy groups -OCH3 is 1. The van der Waals surface area contributed by atoms with Crippen LogP contribution in [0.4, 0.5) is 0 Å². The Morgan fingerprint density at radius 3 is 2.10 bits per heavy atom. The lowest BCUT2D eigenvalue weighted by Gasteiger charge is -2.31. The first kappa shape index (κ1) is 22.4. The van der Waals surface area contributed by atoms with Gasteiger partial charge in [-0.1, -0.05) is 37.3 Å². The fourth-order valence-electron chi connectivity index (χ4n) is 2.98. The van der Waals surface area contributed by atoms with Crippen LogP contribution in [0, 0.1) is 5.92 Å². The van der Waals surface area contributed by atoms with E-state index in [-0.39, 0.29) is 11.8 Å². The number of benzene rings is 2. The molecule has 2 rings (SSSR count). The number of rotatable bonds is 7. The van der Waals surface area contributed by atoms with Crippen molar-refractivity contribution in [3.05, 3.63) is 65.7 Å².